The second kappa shape index (κ2) is 8.56. The van der Waals surface area contributed by atoms with E-state index in [-0.39, 0.29) is 23.4 Å². The molecule has 30 heavy (non-hydrogen) atoms. The number of benzene rings is 1. The highest BCUT2D eigenvalue weighted by atomic mass is 16.5. The molecule has 0 fully saturated rings. The first-order valence-electron chi connectivity index (χ1n) is 9.54. The van der Waals surface area contributed by atoms with Crippen LogP contribution in [0.2, 0.25) is 0 Å². The van der Waals surface area contributed by atoms with Gasteiger partial charge in [-0.25, -0.2) is 9.67 Å². The van der Waals surface area contributed by atoms with Crippen LogP contribution in [0, 0.1) is 0 Å². The summed E-state index contributed by atoms with van der Waals surface area (Å²) in [6, 6.07) is 12.8. The molecule has 0 unspecified atom stereocenters. The van der Waals surface area contributed by atoms with Crippen LogP contribution < -0.4 is 15.6 Å². The van der Waals surface area contributed by atoms with E-state index in [9.17, 15) is 9.59 Å². The highest BCUT2D eigenvalue weighted by Crippen LogP contribution is 2.29. The van der Waals surface area contributed by atoms with Crippen LogP contribution in [0.5, 0.6) is 5.75 Å². The number of H-pyrrole nitrogens is 1. The van der Waals surface area contributed by atoms with Crippen molar-refractivity contribution in [1.29, 1.82) is 0 Å². The maximum atomic E-state index is 13.0. The lowest BCUT2D eigenvalue weighted by atomic mass is 10.2. The van der Waals surface area contributed by atoms with Gasteiger partial charge in [0.2, 0.25) is 6.41 Å². The summed E-state index contributed by atoms with van der Waals surface area (Å²) >= 11 is 0. The molecule has 152 valence electrons. The van der Waals surface area contributed by atoms with Gasteiger partial charge >= 0.3 is 0 Å². The Hall–Kier alpha value is -4.01. The molecule has 0 saturated heterocycles. The van der Waals surface area contributed by atoms with Crippen LogP contribution in [0.3, 0.4) is 0 Å². The van der Waals surface area contributed by atoms with Crippen molar-refractivity contribution in [3.8, 4) is 17.1 Å². The zero-order chi connectivity index (χ0) is 20.9. The normalized spacial score (nSPS) is 10.8. The van der Waals surface area contributed by atoms with Gasteiger partial charge in [-0.2, -0.15) is 5.10 Å². The van der Waals surface area contributed by atoms with E-state index in [4.69, 9.17) is 4.74 Å². The Morgan fingerprint density at radius 1 is 1.20 bits per heavy atom. The Balaban J connectivity index is 1.85. The first kappa shape index (κ1) is 19.3. The number of para-hydroxylation sites is 1. The number of anilines is 1. The zero-order valence-electron chi connectivity index (χ0n) is 16.3. The molecular weight excluding hydrogens is 384 g/mol. The minimum absolute atomic E-state index is 0.204. The molecule has 1 aromatic carbocycles. The summed E-state index contributed by atoms with van der Waals surface area (Å²) in [5, 5.41) is 6.89. The number of carbonyl (C=O) groups excluding carboxylic acids is 1. The van der Waals surface area contributed by atoms with Crippen LogP contribution in [0.4, 0.5) is 5.82 Å². The molecule has 0 bridgehead atoms. The largest absolute Gasteiger partial charge is 0.493 e. The molecule has 0 spiro atoms. The summed E-state index contributed by atoms with van der Waals surface area (Å²) in [5.41, 5.74) is 1.55. The first-order valence-corrected chi connectivity index (χ1v) is 9.54. The third kappa shape index (κ3) is 3.77. The molecule has 0 saturated carbocycles. The number of fused-ring (bicyclic) bond motifs is 1. The van der Waals surface area contributed by atoms with E-state index in [0.29, 0.717) is 35.7 Å². The quantitative estimate of drug-likeness (QED) is 0.436. The number of pyridine rings is 1. The molecule has 3 heterocycles. The van der Waals surface area contributed by atoms with Crippen LogP contribution in [-0.2, 0) is 11.3 Å². The second-order valence-corrected chi connectivity index (χ2v) is 6.55. The molecule has 0 radical (unpaired) electrons. The molecule has 0 aliphatic rings. The number of nitrogens with one attached hydrogen (secondary N) is 2. The summed E-state index contributed by atoms with van der Waals surface area (Å²) in [6.07, 6.45) is 3.03. The van der Waals surface area contributed by atoms with Gasteiger partial charge in [0.05, 0.1) is 24.4 Å². The van der Waals surface area contributed by atoms with Gasteiger partial charge in [-0.1, -0.05) is 25.1 Å². The van der Waals surface area contributed by atoms with E-state index in [1.807, 2.05) is 49.4 Å². The molecule has 9 nitrogen and oxygen atoms in total. The predicted molar refractivity (Wildman–Crippen MR) is 112 cm³/mol. The van der Waals surface area contributed by atoms with Crippen LogP contribution in [-0.4, -0.2) is 37.7 Å². The minimum Gasteiger partial charge on any atom is -0.493 e. The summed E-state index contributed by atoms with van der Waals surface area (Å²) in [5.74, 6) is 1.16. The van der Waals surface area contributed by atoms with Gasteiger partial charge in [-0.15, -0.1) is 0 Å². The van der Waals surface area contributed by atoms with Crippen molar-refractivity contribution in [3.63, 3.8) is 0 Å². The Bertz CT molecular complexity index is 1230. The summed E-state index contributed by atoms with van der Waals surface area (Å²) in [7, 11) is 0. The van der Waals surface area contributed by atoms with Gasteiger partial charge in [0.15, 0.2) is 11.3 Å². The molecule has 3 aromatic heterocycles. The van der Waals surface area contributed by atoms with Crippen molar-refractivity contribution in [3.05, 3.63) is 64.7 Å². The third-order valence-corrected chi connectivity index (χ3v) is 4.44. The van der Waals surface area contributed by atoms with Gasteiger partial charge in [0.25, 0.3) is 5.56 Å². The number of nitrogens with zero attached hydrogens (tertiary/aromatic N) is 4. The van der Waals surface area contributed by atoms with Crippen molar-refractivity contribution in [2.75, 3.05) is 11.9 Å². The highest BCUT2D eigenvalue weighted by molar-refractivity contribution is 5.91. The van der Waals surface area contributed by atoms with Gasteiger partial charge in [-0.3, -0.25) is 14.6 Å². The van der Waals surface area contributed by atoms with E-state index in [0.717, 1.165) is 12.1 Å². The monoisotopic (exact) mass is 404 g/mol. The molecule has 0 atom stereocenters. The lowest BCUT2D eigenvalue weighted by molar-refractivity contribution is -0.105. The smallest absolute Gasteiger partial charge is 0.277 e. The number of hydrogen-bond donors (Lipinski definition) is 2. The average molecular weight is 404 g/mol. The first-order chi connectivity index (χ1) is 14.7. The number of amides is 1. The van der Waals surface area contributed by atoms with E-state index < -0.39 is 0 Å². The Morgan fingerprint density at radius 3 is 2.80 bits per heavy atom. The summed E-state index contributed by atoms with van der Waals surface area (Å²) in [4.78, 5) is 35.8. The molecule has 0 aliphatic carbocycles. The Morgan fingerprint density at radius 2 is 2.03 bits per heavy atom. The fourth-order valence-corrected chi connectivity index (χ4v) is 3.13. The summed E-state index contributed by atoms with van der Waals surface area (Å²) < 4.78 is 7.28. The number of aromatic nitrogens is 5. The van der Waals surface area contributed by atoms with Crippen LogP contribution >= 0.6 is 0 Å². The number of carbonyl (C=O) groups is 1. The molecule has 1 amide bonds. The fourth-order valence-electron chi connectivity index (χ4n) is 3.13. The van der Waals surface area contributed by atoms with Crippen molar-refractivity contribution in [2.45, 2.75) is 19.9 Å². The van der Waals surface area contributed by atoms with Crippen molar-refractivity contribution < 1.29 is 9.53 Å². The maximum Gasteiger partial charge on any atom is 0.277 e. The number of hydrogen-bond acceptors (Lipinski definition) is 6. The number of ether oxygens (including phenoxy) is 1. The Labute approximate surface area is 171 Å². The average Bonchev–Trinajstić information content (AvgIpc) is 3.11. The third-order valence-electron chi connectivity index (χ3n) is 4.44. The van der Waals surface area contributed by atoms with Crippen molar-refractivity contribution in [2.24, 2.45) is 0 Å². The lowest BCUT2D eigenvalue weighted by Gasteiger charge is -2.10. The van der Waals surface area contributed by atoms with Crippen LogP contribution in [0.15, 0.2) is 53.5 Å². The molecule has 0 aliphatic heterocycles. The van der Waals surface area contributed by atoms with Crippen molar-refractivity contribution in [1.82, 2.24) is 24.7 Å². The standard InChI is InChI=1S/C21H20N6O3/c1-2-11-30-16-9-4-3-8-15(16)19-24-17-18(21(29)25-19)27(26-20(17)23-13-28)12-14-7-5-6-10-22-14/h3-10,13H,2,11-12H2,1H3,(H,23,26,28)(H,24,25,29). The molecule has 4 aromatic rings. The van der Waals surface area contributed by atoms with E-state index in [2.05, 4.69) is 25.4 Å². The van der Waals surface area contributed by atoms with Gasteiger partial charge in [-0.05, 0) is 30.7 Å². The molecule has 2 N–H and O–H groups in total. The number of aromatic amines is 1. The minimum atomic E-state index is -0.373. The van der Waals surface area contributed by atoms with E-state index in [1.165, 1.54) is 4.68 Å². The van der Waals surface area contributed by atoms with Crippen LogP contribution in [0.1, 0.15) is 19.0 Å². The predicted octanol–water partition coefficient (Wildman–Crippen LogP) is 2.59. The van der Waals surface area contributed by atoms with Gasteiger partial charge < -0.3 is 15.0 Å². The zero-order valence-corrected chi connectivity index (χ0v) is 16.3. The van der Waals surface area contributed by atoms with Gasteiger partial charge in [0.1, 0.15) is 17.1 Å². The Kier molecular flexibility index (Phi) is 5.51. The summed E-state index contributed by atoms with van der Waals surface area (Å²) in [6.45, 7) is 2.82. The molecule has 9 heteroatoms. The van der Waals surface area contributed by atoms with E-state index in [1.54, 1.807) is 6.20 Å². The van der Waals surface area contributed by atoms with Crippen LogP contribution in [0.25, 0.3) is 22.4 Å². The van der Waals surface area contributed by atoms with Gasteiger partial charge in [0, 0.05) is 6.20 Å². The SMILES string of the molecule is CCCOc1ccccc1-c1nc2c(NC=O)nn(Cc3ccccn3)c2c(=O)[nH]1. The fraction of sp³-hybridized carbons (Fsp3) is 0.190. The molecule has 4 rings (SSSR count). The molecular formula is C21H20N6O3. The highest BCUT2D eigenvalue weighted by Gasteiger charge is 2.19. The van der Waals surface area contributed by atoms with Crippen molar-refractivity contribution >= 4 is 23.3 Å². The van der Waals surface area contributed by atoms with E-state index >= 15 is 0 Å². The topological polar surface area (TPSA) is 115 Å². The second-order valence-electron chi connectivity index (χ2n) is 6.55. The number of rotatable bonds is 8. The lowest BCUT2D eigenvalue weighted by Crippen LogP contribution is -2.15. The maximum absolute atomic E-state index is 13.0.